The van der Waals surface area contributed by atoms with E-state index in [-0.39, 0.29) is 17.2 Å². The molecule has 4 nitrogen and oxygen atoms in total. The topological polar surface area (TPSA) is 47.6 Å². The molecule has 0 aliphatic carbocycles. The van der Waals surface area contributed by atoms with Gasteiger partial charge in [0.15, 0.2) is 0 Å². The number of esters is 1. The molecule has 0 aromatic carbocycles. The van der Waals surface area contributed by atoms with Crippen molar-refractivity contribution in [2.45, 2.75) is 57.7 Å². The minimum atomic E-state index is -0.386. The summed E-state index contributed by atoms with van der Waals surface area (Å²) in [4.78, 5) is 11.8. The second kappa shape index (κ2) is 5.17. The molecule has 1 unspecified atom stereocenters. The van der Waals surface area contributed by atoms with Crippen molar-refractivity contribution in [3.8, 4) is 0 Å². The molecule has 1 atom stereocenters. The number of ether oxygens (including phenoxy) is 2. The molecule has 1 spiro atoms. The van der Waals surface area contributed by atoms with E-state index >= 15 is 0 Å². The summed E-state index contributed by atoms with van der Waals surface area (Å²) in [6, 6.07) is 0. The molecular formula is C14H25NO3. The molecule has 104 valence electrons. The number of piperidine rings is 1. The number of rotatable bonds is 2. The van der Waals surface area contributed by atoms with Gasteiger partial charge in [0, 0.05) is 0 Å². The lowest BCUT2D eigenvalue weighted by molar-refractivity contribution is -0.155. The van der Waals surface area contributed by atoms with Gasteiger partial charge in [0.2, 0.25) is 0 Å². The number of carbonyl (C=O) groups excluding carboxylic acids is 1. The molecule has 2 aliphatic heterocycles. The molecule has 0 aromatic rings. The molecule has 0 amide bonds. The third kappa shape index (κ3) is 3.69. The van der Waals surface area contributed by atoms with Crippen LogP contribution in [0.25, 0.3) is 0 Å². The van der Waals surface area contributed by atoms with Crippen LogP contribution in [0.5, 0.6) is 0 Å². The molecule has 0 radical (unpaired) electrons. The third-order valence-corrected chi connectivity index (χ3v) is 3.68. The predicted octanol–water partition coefficient (Wildman–Crippen LogP) is 1.88. The van der Waals surface area contributed by atoms with E-state index in [9.17, 15) is 4.79 Å². The minimum absolute atomic E-state index is 0.0396. The Kier molecular flexibility index (Phi) is 3.97. The zero-order valence-electron chi connectivity index (χ0n) is 11.8. The molecule has 4 heteroatoms. The Morgan fingerprint density at radius 2 is 2.06 bits per heavy atom. The molecule has 2 heterocycles. The van der Waals surface area contributed by atoms with Crippen LogP contribution in [0.4, 0.5) is 0 Å². The van der Waals surface area contributed by atoms with E-state index in [2.05, 4.69) is 5.32 Å². The summed E-state index contributed by atoms with van der Waals surface area (Å²) in [6.07, 6.45) is 3.63. The van der Waals surface area contributed by atoms with Crippen LogP contribution in [0.3, 0.4) is 0 Å². The molecular weight excluding hydrogens is 230 g/mol. The van der Waals surface area contributed by atoms with Crippen molar-refractivity contribution in [3.05, 3.63) is 0 Å². The van der Waals surface area contributed by atoms with Gasteiger partial charge < -0.3 is 14.8 Å². The highest BCUT2D eigenvalue weighted by atomic mass is 16.6. The van der Waals surface area contributed by atoms with Crippen molar-refractivity contribution in [2.24, 2.45) is 5.92 Å². The van der Waals surface area contributed by atoms with Gasteiger partial charge in [-0.05, 0) is 59.0 Å². The number of hydrogen-bond donors (Lipinski definition) is 1. The second-order valence-electron chi connectivity index (χ2n) is 6.60. The first-order valence-electron chi connectivity index (χ1n) is 6.95. The van der Waals surface area contributed by atoms with Crippen LogP contribution in [-0.2, 0) is 14.3 Å². The Bertz CT molecular complexity index is 303. The maximum Gasteiger partial charge on any atom is 0.306 e. The van der Waals surface area contributed by atoms with Crippen molar-refractivity contribution < 1.29 is 14.3 Å². The summed E-state index contributed by atoms with van der Waals surface area (Å²) in [5.74, 6) is 0.236. The van der Waals surface area contributed by atoms with Gasteiger partial charge in [-0.15, -0.1) is 0 Å². The Morgan fingerprint density at radius 3 is 2.67 bits per heavy atom. The van der Waals surface area contributed by atoms with E-state index in [1.165, 1.54) is 0 Å². The summed E-state index contributed by atoms with van der Waals surface area (Å²) in [5.41, 5.74) is -0.346. The van der Waals surface area contributed by atoms with E-state index < -0.39 is 0 Å². The minimum Gasteiger partial charge on any atom is -0.460 e. The van der Waals surface area contributed by atoms with Gasteiger partial charge >= 0.3 is 5.97 Å². The average molecular weight is 255 g/mol. The van der Waals surface area contributed by atoms with Crippen molar-refractivity contribution >= 4 is 5.97 Å². The third-order valence-electron chi connectivity index (χ3n) is 3.68. The average Bonchev–Trinajstić information content (AvgIpc) is 2.59. The second-order valence-corrected chi connectivity index (χ2v) is 6.60. The molecule has 2 rings (SSSR count). The van der Waals surface area contributed by atoms with E-state index in [1.54, 1.807) is 0 Å². The molecule has 18 heavy (non-hydrogen) atoms. The SMILES string of the molecule is CC(C)(C)OC(=O)CC1COC2(CCNCC2)C1. The molecule has 2 saturated heterocycles. The Labute approximate surface area is 109 Å². The van der Waals surface area contributed by atoms with Crippen molar-refractivity contribution in [2.75, 3.05) is 19.7 Å². The standard InChI is InChI=1S/C14H25NO3/c1-13(2,3)18-12(16)8-11-9-14(17-10-11)4-6-15-7-5-14/h11,15H,4-10H2,1-3H3. The normalized spacial score (nSPS) is 27.4. The Hall–Kier alpha value is -0.610. The van der Waals surface area contributed by atoms with Crippen LogP contribution in [0.2, 0.25) is 0 Å². The summed E-state index contributed by atoms with van der Waals surface area (Å²) < 4.78 is 11.3. The number of hydrogen-bond acceptors (Lipinski definition) is 4. The Balaban J connectivity index is 1.80. The molecule has 0 aromatic heterocycles. The Morgan fingerprint density at radius 1 is 1.39 bits per heavy atom. The molecule has 1 N–H and O–H groups in total. The van der Waals surface area contributed by atoms with Crippen LogP contribution in [0.1, 0.15) is 46.5 Å². The highest BCUT2D eigenvalue weighted by Gasteiger charge is 2.41. The predicted molar refractivity (Wildman–Crippen MR) is 69.4 cm³/mol. The van der Waals surface area contributed by atoms with Gasteiger partial charge in [-0.1, -0.05) is 0 Å². The first kappa shape index (κ1) is 13.8. The fraction of sp³-hybridized carbons (Fsp3) is 0.929. The summed E-state index contributed by atoms with van der Waals surface area (Å²) in [7, 11) is 0. The van der Waals surface area contributed by atoms with Gasteiger partial charge in [-0.3, -0.25) is 4.79 Å². The van der Waals surface area contributed by atoms with E-state index in [1.807, 2.05) is 20.8 Å². The highest BCUT2D eigenvalue weighted by molar-refractivity contribution is 5.70. The van der Waals surface area contributed by atoms with E-state index in [4.69, 9.17) is 9.47 Å². The van der Waals surface area contributed by atoms with Gasteiger partial charge in [-0.2, -0.15) is 0 Å². The van der Waals surface area contributed by atoms with Crippen molar-refractivity contribution in [1.82, 2.24) is 5.32 Å². The zero-order chi connectivity index (χ0) is 13.2. The summed E-state index contributed by atoms with van der Waals surface area (Å²) in [6.45, 7) is 8.48. The van der Waals surface area contributed by atoms with E-state index in [0.717, 1.165) is 32.4 Å². The maximum atomic E-state index is 11.8. The highest BCUT2D eigenvalue weighted by Crippen LogP contribution is 2.38. The fourth-order valence-electron chi connectivity index (χ4n) is 2.92. The van der Waals surface area contributed by atoms with Crippen LogP contribution in [0, 0.1) is 5.92 Å². The summed E-state index contributed by atoms with van der Waals surface area (Å²) >= 11 is 0. The fourth-order valence-corrected chi connectivity index (χ4v) is 2.92. The van der Waals surface area contributed by atoms with Crippen molar-refractivity contribution in [1.29, 1.82) is 0 Å². The lowest BCUT2D eigenvalue weighted by Gasteiger charge is -2.33. The molecule has 0 bridgehead atoms. The first-order valence-corrected chi connectivity index (χ1v) is 6.95. The molecule has 2 fully saturated rings. The smallest absolute Gasteiger partial charge is 0.306 e. The van der Waals surface area contributed by atoms with Crippen LogP contribution in [-0.4, -0.2) is 36.9 Å². The quantitative estimate of drug-likeness (QED) is 0.765. The number of nitrogens with one attached hydrogen (secondary N) is 1. The van der Waals surface area contributed by atoms with Crippen LogP contribution >= 0.6 is 0 Å². The molecule has 2 aliphatic rings. The zero-order valence-corrected chi connectivity index (χ0v) is 11.8. The largest absolute Gasteiger partial charge is 0.460 e. The van der Waals surface area contributed by atoms with Gasteiger partial charge in [0.05, 0.1) is 18.6 Å². The summed E-state index contributed by atoms with van der Waals surface area (Å²) in [5, 5.41) is 3.35. The van der Waals surface area contributed by atoms with Crippen molar-refractivity contribution in [3.63, 3.8) is 0 Å². The van der Waals surface area contributed by atoms with Crippen LogP contribution < -0.4 is 5.32 Å². The van der Waals surface area contributed by atoms with Crippen LogP contribution in [0.15, 0.2) is 0 Å². The monoisotopic (exact) mass is 255 g/mol. The first-order chi connectivity index (χ1) is 8.39. The molecule has 0 saturated carbocycles. The lowest BCUT2D eigenvalue weighted by Crippen LogP contribution is -2.41. The van der Waals surface area contributed by atoms with Gasteiger partial charge in [0.1, 0.15) is 5.60 Å². The van der Waals surface area contributed by atoms with E-state index in [0.29, 0.717) is 18.9 Å². The van der Waals surface area contributed by atoms with Gasteiger partial charge in [-0.25, -0.2) is 0 Å². The van der Waals surface area contributed by atoms with Gasteiger partial charge in [0.25, 0.3) is 0 Å². The maximum absolute atomic E-state index is 11.8. The lowest BCUT2D eigenvalue weighted by atomic mass is 9.85. The number of carbonyl (C=O) groups is 1.